The van der Waals surface area contributed by atoms with E-state index in [0.717, 1.165) is 4.47 Å². The van der Waals surface area contributed by atoms with E-state index in [9.17, 15) is 9.18 Å². The molecular weight excluding hydrogens is 593 g/mol. The van der Waals surface area contributed by atoms with Crippen molar-refractivity contribution in [1.82, 2.24) is 9.66 Å². The number of halogens is 3. The number of hydrogen-bond donors (Lipinski definition) is 0. The normalized spacial score (nSPS) is 11.9. The first-order valence-corrected chi connectivity index (χ1v) is 12.7. The van der Waals surface area contributed by atoms with Crippen molar-refractivity contribution >= 4 is 49.0 Å². The average molecular weight is 617 g/mol. The lowest BCUT2D eigenvalue weighted by Crippen LogP contribution is -2.29. The largest absolute Gasteiger partial charge is 0.493 e. The van der Waals surface area contributed by atoms with Gasteiger partial charge in [0.15, 0.2) is 11.5 Å². The zero-order valence-electron chi connectivity index (χ0n) is 20.2. The average Bonchev–Trinajstić information content (AvgIpc) is 2.83. The van der Waals surface area contributed by atoms with Crippen LogP contribution in [0.3, 0.4) is 0 Å². The standard InChI is InChI=1S/C27H24Br2FN3O3/c1-27(2,3)26-32-22-10-9-18(28)12-19(22)25(34)33(26)31-14-17-11-23(35-4)24(13-20(17)29)36-15-16-7-5-6-8-21(16)30/h5-14H,15H2,1-4H3. The number of methoxy groups -OCH3 is 1. The summed E-state index contributed by atoms with van der Waals surface area (Å²) in [4.78, 5) is 18.1. The van der Waals surface area contributed by atoms with Crippen LogP contribution in [-0.4, -0.2) is 23.0 Å². The summed E-state index contributed by atoms with van der Waals surface area (Å²) in [5.41, 5.74) is 1.00. The van der Waals surface area contributed by atoms with Crippen LogP contribution in [0.4, 0.5) is 4.39 Å². The maximum atomic E-state index is 14.0. The molecule has 0 atom stereocenters. The van der Waals surface area contributed by atoms with Crippen LogP contribution < -0.4 is 15.0 Å². The fourth-order valence-electron chi connectivity index (χ4n) is 3.55. The summed E-state index contributed by atoms with van der Waals surface area (Å²) < 4.78 is 28.1. The Morgan fingerprint density at radius 3 is 2.53 bits per heavy atom. The number of hydrogen-bond acceptors (Lipinski definition) is 5. The van der Waals surface area contributed by atoms with E-state index >= 15 is 0 Å². The minimum Gasteiger partial charge on any atom is -0.493 e. The van der Waals surface area contributed by atoms with Crippen LogP contribution in [0.1, 0.15) is 37.7 Å². The van der Waals surface area contributed by atoms with Gasteiger partial charge in [0, 0.05) is 25.5 Å². The molecule has 0 saturated carbocycles. The molecule has 9 heteroatoms. The molecule has 186 valence electrons. The van der Waals surface area contributed by atoms with Gasteiger partial charge in [-0.2, -0.15) is 9.78 Å². The molecule has 0 saturated heterocycles. The lowest BCUT2D eigenvalue weighted by atomic mass is 9.95. The molecule has 36 heavy (non-hydrogen) atoms. The molecule has 4 aromatic rings. The van der Waals surface area contributed by atoms with Gasteiger partial charge in [-0.05, 0) is 52.3 Å². The maximum absolute atomic E-state index is 14.0. The van der Waals surface area contributed by atoms with Gasteiger partial charge in [0.25, 0.3) is 5.56 Å². The zero-order chi connectivity index (χ0) is 26.0. The second kappa shape index (κ2) is 10.5. The smallest absolute Gasteiger partial charge is 0.282 e. The van der Waals surface area contributed by atoms with E-state index in [4.69, 9.17) is 14.5 Å². The van der Waals surface area contributed by atoms with Crippen LogP contribution in [0.25, 0.3) is 10.9 Å². The van der Waals surface area contributed by atoms with Crippen LogP contribution in [-0.2, 0) is 12.0 Å². The molecule has 1 heterocycles. The molecule has 0 radical (unpaired) electrons. The molecule has 4 rings (SSSR count). The second-order valence-corrected chi connectivity index (χ2v) is 10.9. The molecular formula is C27H24Br2FN3O3. The monoisotopic (exact) mass is 615 g/mol. The van der Waals surface area contributed by atoms with Gasteiger partial charge in [-0.25, -0.2) is 9.37 Å². The lowest BCUT2D eigenvalue weighted by molar-refractivity contribution is 0.279. The number of fused-ring (bicyclic) bond motifs is 1. The third-order valence-electron chi connectivity index (χ3n) is 5.42. The molecule has 0 aliphatic rings. The number of ether oxygens (including phenoxy) is 2. The van der Waals surface area contributed by atoms with E-state index < -0.39 is 5.41 Å². The lowest BCUT2D eigenvalue weighted by Gasteiger charge is -2.21. The fourth-order valence-corrected chi connectivity index (χ4v) is 4.34. The number of rotatable bonds is 6. The first kappa shape index (κ1) is 26.0. The Bertz CT molecular complexity index is 1530. The minimum absolute atomic E-state index is 0.0472. The second-order valence-electron chi connectivity index (χ2n) is 9.11. The highest BCUT2D eigenvalue weighted by Crippen LogP contribution is 2.34. The first-order chi connectivity index (χ1) is 17.1. The molecule has 0 fully saturated rings. The molecule has 0 bridgehead atoms. The molecule has 0 aliphatic carbocycles. The molecule has 0 aliphatic heterocycles. The topological polar surface area (TPSA) is 65.7 Å². The van der Waals surface area contributed by atoms with Gasteiger partial charge >= 0.3 is 0 Å². The summed E-state index contributed by atoms with van der Waals surface area (Å²) in [6.45, 7) is 5.98. The van der Waals surface area contributed by atoms with Crippen molar-refractivity contribution < 1.29 is 13.9 Å². The van der Waals surface area contributed by atoms with Crippen molar-refractivity contribution in [3.8, 4) is 11.5 Å². The molecule has 0 unspecified atom stereocenters. The first-order valence-electron chi connectivity index (χ1n) is 11.1. The fraction of sp³-hybridized carbons (Fsp3) is 0.222. The Hall–Kier alpha value is -3.04. The molecule has 3 aromatic carbocycles. The van der Waals surface area contributed by atoms with Crippen molar-refractivity contribution in [2.24, 2.45) is 5.10 Å². The summed E-state index contributed by atoms with van der Waals surface area (Å²) in [6.07, 6.45) is 1.56. The predicted molar refractivity (Wildman–Crippen MR) is 147 cm³/mol. The Morgan fingerprint density at radius 2 is 1.83 bits per heavy atom. The molecule has 0 amide bonds. The zero-order valence-corrected chi connectivity index (χ0v) is 23.4. The third kappa shape index (κ3) is 5.52. The SMILES string of the molecule is COc1cc(C=Nn2c(C(C)(C)C)nc3ccc(Br)cc3c2=O)c(Br)cc1OCc1ccccc1F. The Morgan fingerprint density at radius 1 is 1.08 bits per heavy atom. The summed E-state index contributed by atoms with van der Waals surface area (Å²) in [7, 11) is 1.52. The number of benzene rings is 3. The molecule has 6 nitrogen and oxygen atoms in total. The predicted octanol–water partition coefficient (Wildman–Crippen LogP) is 6.83. The van der Waals surface area contributed by atoms with E-state index in [-0.39, 0.29) is 18.0 Å². The molecule has 0 spiro atoms. The Kier molecular flexibility index (Phi) is 7.61. The summed E-state index contributed by atoms with van der Waals surface area (Å²) in [6, 6.07) is 15.3. The maximum Gasteiger partial charge on any atom is 0.282 e. The van der Waals surface area contributed by atoms with Crippen LogP contribution in [0.5, 0.6) is 11.5 Å². The highest BCUT2D eigenvalue weighted by Gasteiger charge is 2.23. The number of aromatic nitrogens is 2. The van der Waals surface area contributed by atoms with Gasteiger partial charge in [-0.15, -0.1) is 0 Å². The van der Waals surface area contributed by atoms with Gasteiger partial charge < -0.3 is 9.47 Å². The quantitative estimate of drug-likeness (QED) is 0.223. The van der Waals surface area contributed by atoms with Crippen LogP contribution >= 0.6 is 31.9 Å². The van der Waals surface area contributed by atoms with Crippen molar-refractivity contribution in [1.29, 1.82) is 0 Å². The van der Waals surface area contributed by atoms with Gasteiger partial charge in [0.2, 0.25) is 0 Å². The summed E-state index contributed by atoms with van der Waals surface area (Å²) in [5, 5.41) is 4.98. The van der Waals surface area contributed by atoms with Gasteiger partial charge in [-0.3, -0.25) is 4.79 Å². The van der Waals surface area contributed by atoms with Gasteiger partial charge in [0.1, 0.15) is 18.2 Å². The van der Waals surface area contributed by atoms with E-state index in [1.54, 1.807) is 42.6 Å². The van der Waals surface area contributed by atoms with Crippen molar-refractivity contribution in [3.05, 3.63) is 96.7 Å². The van der Waals surface area contributed by atoms with E-state index in [1.165, 1.54) is 17.9 Å². The van der Waals surface area contributed by atoms with Crippen LogP contribution in [0, 0.1) is 5.82 Å². The van der Waals surface area contributed by atoms with Gasteiger partial charge in [-0.1, -0.05) is 54.9 Å². The van der Waals surface area contributed by atoms with E-state index in [2.05, 4.69) is 37.0 Å². The summed E-state index contributed by atoms with van der Waals surface area (Å²) in [5.74, 6) is 1.08. The highest BCUT2D eigenvalue weighted by atomic mass is 79.9. The van der Waals surface area contributed by atoms with E-state index in [1.807, 2.05) is 32.9 Å². The van der Waals surface area contributed by atoms with Crippen LogP contribution in [0.15, 0.2) is 73.4 Å². The van der Waals surface area contributed by atoms with Gasteiger partial charge in [0.05, 0.1) is 24.2 Å². The molecule has 0 N–H and O–H groups in total. The van der Waals surface area contributed by atoms with Crippen LogP contribution in [0.2, 0.25) is 0 Å². The Labute approximate surface area is 225 Å². The number of nitrogens with zero attached hydrogens (tertiary/aromatic N) is 3. The van der Waals surface area contributed by atoms with E-state index in [0.29, 0.717) is 43.8 Å². The Balaban J connectivity index is 1.73. The highest BCUT2D eigenvalue weighted by molar-refractivity contribution is 9.10. The third-order valence-corrected chi connectivity index (χ3v) is 6.60. The summed E-state index contributed by atoms with van der Waals surface area (Å²) >= 11 is 6.96. The van der Waals surface area contributed by atoms with Crippen molar-refractivity contribution in [3.63, 3.8) is 0 Å². The van der Waals surface area contributed by atoms with Crippen molar-refractivity contribution in [2.45, 2.75) is 32.8 Å². The molecule has 1 aromatic heterocycles. The van der Waals surface area contributed by atoms with Crippen molar-refractivity contribution in [2.75, 3.05) is 7.11 Å². The minimum atomic E-state index is -0.433.